The van der Waals surface area contributed by atoms with Crippen LogP contribution in [0, 0.1) is 0 Å². The average Bonchev–Trinajstić information content (AvgIpc) is 3.26. The second-order valence-corrected chi connectivity index (χ2v) is 8.68. The first-order valence-electron chi connectivity index (χ1n) is 11.5. The molecule has 0 heterocycles. The third-order valence-corrected chi connectivity index (χ3v) is 6.61. The minimum Gasteiger partial charge on any atom is -0.489 e. The number of Topliss-reactive ketones (excluding diaryl/α,β-unsaturated/α-hetero) is 2. The van der Waals surface area contributed by atoms with Gasteiger partial charge in [-0.25, -0.2) is 0 Å². The first-order chi connectivity index (χ1) is 16.4. The van der Waals surface area contributed by atoms with E-state index in [0.717, 1.165) is 24.0 Å². The number of carbonyl (C=O) groups excluding carboxylic acids is 3. The van der Waals surface area contributed by atoms with Gasteiger partial charge in [0.2, 0.25) is 29.0 Å². The lowest BCUT2D eigenvalue weighted by molar-refractivity contribution is -0.121. The summed E-state index contributed by atoms with van der Waals surface area (Å²) >= 11 is 0. The molecule has 6 heteroatoms. The first-order valence-corrected chi connectivity index (χ1v) is 11.5. The molecular weight excluding hydrogens is 430 g/mol. The number of fused-ring (bicyclic) bond motifs is 1. The molecular formula is C28H29NO5. The number of nitrogens with one attached hydrogen (secondary N) is 1. The maximum absolute atomic E-state index is 12.8. The van der Waals surface area contributed by atoms with Gasteiger partial charge in [0, 0.05) is 24.0 Å². The van der Waals surface area contributed by atoms with Gasteiger partial charge >= 0.3 is 0 Å². The molecule has 0 spiro atoms. The van der Waals surface area contributed by atoms with Gasteiger partial charge in [-0.15, -0.1) is 0 Å². The Balaban J connectivity index is 1.35. The number of allylic oxidation sites excluding steroid dienone is 2. The fourth-order valence-electron chi connectivity index (χ4n) is 4.66. The summed E-state index contributed by atoms with van der Waals surface area (Å²) in [6.45, 7) is 1.64. The van der Waals surface area contributed by atoms with E-state index >= 15 is 0 Å². The van der Waals surface area contributed by atoms with Crippen LogP contribution in [-0.2, 0) is 43.1 Å². The summed E-state index contributed by atoms with van der Waals surface area (Å²) in [5, 5.41) is 3.16. The molecule has 4 rings (SSSR count). The van der Waals surface area contributed by atoms with Crippen molar-refractivity contribution in [1.29, 1.82) is 0 Å². The highest BCUT2D eigenvalue weighted by molar-refractivity contribution is 6.23. The van der Waals surface area contributed by atoms with E-state index in [0.29, 0.717) is 30.4 Å². The summed E-state index contributed by atoms with van der Waals surface area (Å²) in [7, 11) is 2.71. The zero-order valence-corrected chi connectivity index (χ0v) is 19.8. The molecule has 1 atom stereocenters. The summed E-state index contributed by atoms with van der Waals surface area (Å²) in [6.07, 6.45) is 3.32. The van der Waals surface area contributed by atoms with E-state index in [2.05, 4.69) is 17.4 Å². The van der Waals surface area contributed by atoms with Crippen LogP contribution in [0.4, 0.5) is 0 Å². The van der Waals surface area contributed by atoms with Crippen molar-refractivity contribution in [2.24, 2.45) is 0 Å². The van der Waals surface area contributed by atoms with Gasteiger partial charge in [-0.2, -0.15) is 0 Å². The van der Waals surface area contributed by atoms with E-state index in [1.807, 2.05) is 36.4 Å². The zero-order valence-electron chi connectivity index (χ0n) is 19.8. The van der Waals surface area contributed by atoms with Crippen LogP contribution in [-0.4, -0.2) is 31.7 Å². The van der Waals surface area contributed by atoms with Crippen LogP contribution in [0.1, 0.15) is 48.1 Å². The molecule has 0 aliphatic heterocycles. The quantitative estimate of drug-likeness (QED) is 0.605. The topological polar surface area (TPSA) is 81.7 Å². The number of aryl methyl sites for hydroxylation is 2. The normalized spacial score (nSPS) is 17.7. The predicted octanol–water partition coefficient (Wildman–Crippen LogP) is 3.94. The molecule has 0 saturated carbocycles. The standard InChI is InChI=1S/C28H29NO5/c1-17-22(26(32)28(34-3)27(33-2)25(17)31)16-19-10-8-18(9-11-19)12-15-24(30)29-23-14-13-20-6-4-5-7-21(20)23/h4-11,23H,12-16H2,1-3H3,(H,29,30). The van der Waals surface area contributed by atoms with Crippen molar-refractivity contribution in [3.05, 3.63) is 93.4 Å². The van der Waals surface area contributed by atoms with Gasteiger partial charge in [0.05, 0.1) is 20.3 Å². The summed E-state index contributed by atoms with van der Waals surface area (Å²) in [5.41, 5.74) is 5.27. The van der Waals surface area contributed by atoms with Crippen LogP contribution in [0.3, 0.4) is 0 Å². The molecule has 6 nitrogen and oxygen atoms in total. The van der Waals surface area contributed by atoms with Crippen LogP contribution < -0.4 is 5.32 Å². The smallest absolute Gasteiger partial charge is 0.228 e. The van der Waals surface area contributed by atoms with E-state index in [9.17, 15) is 14.4 Å². The Hall–Kier alpha value is -3.67. The van der Waals surface area contributed by atoms with E-state index < -0.39 is 0 Å². The second kappa shape index (κ2) is 10.1. The maximum atomic E-state index is 12.8. The molecule has 0 fully saturated rings. The van der Waals surface area contributed by atoms with Crippen molar-refractivity contribution < 1.29 is 23.9 Å². The van der Waals surface area contributed by atoms with Crippen molar-refractivity contribution in [1.82, 2.24) is 5.32 Å². The number of hydrogen-bond donors (Lipinski definition) is 1. The Morgan fingerprint density at radius 1 is 0.941 bits per heavy atom. The van der Waals surface area contributed by atoms with Gasteiger partial charge in [0.25, 0.3) is 0 Å². The number of ketones is 2. The molecule has 0 aromatic heterocycles. The van der Waals surface area contributed by atoms with Gasteiger partial charge in [-0.3, -0.25) is 14.4 Å². The highest BCUT2D eigenvalue weighted by atomic mass is 16.5. The van der Waals surface area contributed by atoms with E-state index in [1.165, 1.54) is 25.3 Å². The number of rotatable bonds is 8. The third-order valence-electron chi connectivity index (χ3n) is 6.61. The lowest BCUT2D eigenvalue weighted by Crippen LogP contribution is -2.27. The average molecular weight is 460 g/mol. The second-order valence-electron chi connectivity index (χ2n) is 8.68. The zero-order chi connectivity index (χ0) is 24.2. The van der Waals surface area contributed by atoms with Crippen LogP contribution in [0.5, 0.6) is 0 Å². The first kappa shape index (κ1) is 23.5. The molecule has 176 valence electrons. The number of ether oxygens (including phenoxy) is 2. The van der Waals surface area contributed by atoms with Crippen LogP contribution in [0.25, 0.3) is 0 Å². The SMILES string of the molecule is COC1=C(OC)C(=O)C(Cc2ccc(CCC(=O)NC3CCc4ccccc43)cc2)=C(C)C1=O. The van der Waals surface area contributed by atoms with E-state index in [1.54, 1.807) is 6.92 Å². The van der Waals surface area contributed by atoms with Gasteiger partial charge in [-0.1, -0.05) is 48.5 Å². The minimum atomic E-state index is -0.332. The molecule has 0 radical (unpaired) electrons. The molecule has 0 saturated heterocycles. The highest BCUT2D eigenvalue weighted by Crippen LogP contribution is 2.31. The highest BCUT2D eigenvalue weighted by Gasteiger charge is 2.34. The van der Waals surface area contributed by atoms with Crippen LogP contribution in [0.15, 0.2) is 71.2 Å². The molecule has 1 unspecified atom stereocenters. The van der Waals surface area contributed by atoms with Gasteiger partial charge in [-0.05, 0) is 48.4 Å². The molecule has 34 heavy (non-hydrogen) atoms. The summed E-state index contributed by atoms with van der Waals surface area (Å²) in [6, 6.07) is 16.2. The Morgan fingerprint density at radius 2 is 1.59 bits per heavy atom. The number of amides is 1. The molecule has 2 aromatic rings. The third kappa shape index (κ3) is 4.67. The van der Waals surface area contributed by atoms with Crippen molar-refractivity contribution in [3.63, 3.8) is 0 Å². The Morgan fingerprint density at radius 3 is 2.29 bits per heavy atom. The number of hydrogen-bond acceptors (Lipinski definition) is 5. The molecule has 0 bridgehead atoms. The Labute approximate surface area is 199 Å². The molecule has 1 N–H and O–H groups in total. The number of carbonyl (C=O) groups is 3. The van der Waals surface area contributed by atoms with Gasteiger partial charge in [0.1, 0.15) is 0 Å². The summed E-state index contributed by atoms with van der Waals surface area (Å²) in [5.74, 6) is -0.720. The Bertz CT molecular complexity index is 1190. The lowest BCUT2D eigenvalue weighted by atomic mass is 9.88. The Kier molecular flexibility index (Phi) is 6.96. The fourth-order valence-corrected chi connectivity index (χ4v) is 4.66. The van der Waals surface area contributed by atoms with Crippen molar-refractivity contribution in [2.45, 2.75) is 45.1 Å². The van der Waals surface area contributed by atoms with Gasteiger partial charge in [0.15, 0.2) is 0 Å². The van der Waals surface area contributed by atoms with E-state index in [4.69, 9.17) is 9.47 Å². The van der Waals surface area contributed by atoms with Crippen LogP contribution >= 0.6 is 0 Å². The molecule has 1 amide bonds. The van der Waals surface area contributed by atoms with Crippen LogP contribution in [0.2, 0.25) is 0 Å². The van der Waals surface area contributed by atoms with E-state index in [-0.39, 0.29) is 35.0 Å². The molecule has 2 aliphatic carbocycles. The largest absolute Gasteiger partial charge is 0.489 e. The summed E-state index contributed by atoms with van der Waals surface area (Å²) in [4.78, 5) is 37.9. The number of benzene rings is 2. The monoisotopic (exact) mass is 459 g/mol. The molecule has 2 aliphatic rings. The lowest BCUT2D eigenvalue weighted by Gasteiger charge is -2.20. The maximum Gasteiger partial charge on any atom is 0.228 e. The van der Waals surface area contributed by atoms with Crippen molar-refractivity contribution in [3.8, 4) is 0 Å². The van der Waals surface area contributed by atoms with Gasteiger partial charge < -0.3 is 14.8 Å². The predicted molar refractivity (Wildman–Crippen MR) is 128 cm³/mol. The van der Waals surface area contributed by atoms with Crippen molar-refractivity contribution >= 4 is 17.5 Å². The summed E-state index contributed by atoms with van der Waals surface area (Å²) < 4.78 is 10.2. The number of methoxy groups -OCH3 is 2. The molecule has 2 aromatic carbocycles. The van der Waals surface area contributed by atoms with Crippen molar-refractivity contribution in [2.75, 3.05) is 14.2 Å². The fraction of sp³-hybridized carbons (Fsp3) is 0.321. The minimum absolute atomic E-state index is 0.0469.